The maximum atomic E-state index is 14.9. The maximum Gasteiger partial charge on any atom is 0.100 e. The highest BCUT2D eigenvalue weighted by molar-refractivity contribution is 5.28. The zero-order valence-electron chi connectivity index (χ0n) is 13.8. The molecule has 4 rings (SSSR count). The van der Waals surface area contributed by atoms with Crippen molar-refractivity contribution in [2.24, 2.45) is 28.6 Å². The van der Waals surface area contributed by atoms with Crippen LogP contribution in [-0.4, -0.2) is 22.4 Å². The van der Waals surface area contributed by atoms with Gasteiger partial charge in [0.15, 0.2) is 0 Å². The van der Waals surface area contributed by atoms with Gasteiger partial charge in [0, 0.05) is 6.42 Å². The van der Waals surface area contributed by atoms with E-state index in [-0.39, 0.29) is 28.9 Å². The zero-order chi connectivity index (χ0) is 15.7. The first-order valence-corrected chi connectivity index (χ1v) is 9.10. The highest BCUT2D eigenvalue weighted by Crippen LogP contribution is 2.66. The van der Waals surface area contributed by atoms with E-state index in [1.807, 2.05) is 0 Å². The Bertz CT molecular complexity index is 516. The van der Waals surface area contributed by atoms with Gasteiger partial charge in [0.25, 0.3) is 0 Å². The van der Waals surface area contributed by atoms with E-state index in [0.29, 0.717) is 30.6 Å². The third-order valence-corrected chi connectivity index (χ3v) is 8.07. The lowest BCUT2D eigenvalue weighted by Gasteiger charge is -2.57. The molecule has 0 bridgehead atoms. The molecule has 3 saturated carbocycles. The molecule has 22 heavy (non-hydrogen) atoms. The Kier molecular flexibility index (Phi) is 3.30. The Hall–Kier alpha value is -0.410. The highest BCUT2D eigenvalue weighted by Gasteiger charge is 2.59. The minimum atomic E-state index is -0.354. The summed E-state index contributed by atoms with van der Waals surface area (Å²) in [7, 11) is 0. The molecule has 0 aromatic rings. The van der Waals surface area contributed by atoms with Crippen molar-refractivity contribution in [2.45, 2.75) is 77.4 Å². The van der Waals surface area contributed by atoms with E-state index in [1.54, 1.807) is 0 Å². The number of rotatable bonds is 0. The van der Waals surface area contributed by atoms with Gasteiger partial charge >= 0.3 is 0 Å². The van der Waals surface area contributed by atoms with E-state index in [4.69, 9.17) is 0 Å². The van der Waals surface area contributed by atoms with Crippen molar-refractivity contribution < 1.29 is 14.6 Å². The Labute approximate surface area is 132 Å². The number of aliphatic hydroxyl groups is 2. The van der Waals surface area contributed by atoms with E-state index >= 15 is 0 Å². The van der Waals surface area contributed by atoms with Crippen LogP contribution < -0.4 is 0 Å². The molecule has 3 fully saturated rings. The average molecular weight is 308 g/mol. The minimum absolute atomic E-state index is 0.00346. The topological polar surface area (TPSA) is 40.5 Å². The van der Waals surface area contributed by atoms with Crippen LogP contribution >= 0.6 is 0 Å². The lowest BCUT2D eigenvalue weighted by atomic mass is 9.47. The number of hydrogen-bond acceptors (Lipinski definition) is 2. The zero-order valence-corrected chi connectivity index (χ0v) is 13.8. The summed E-state index contributed by atoms with van der Waals surface area (Å²) in [5, 5.41) is 20.4. The van der Waals surface area contributed by atoms with Crippen LogP contribution in [-0.2, 0) is 0 Å². The molecule has 0 saturated heterocycles. The molecule has 0 aliphatic heterocycles. The molecule has 4 aliphatic carbocycles. The molecular formula is C19H29FO2. The second-order valence-corrected chi connectivity index (χ2v) is 8.92. The van der Waals surface area contributed by atoms with Crippen LogP contribution in [0.1, 0.15) is 65.2 Å². The van der Waals surface area contributed by atoms with Crippen molar-refractivity contribution in [2.75, 3.05) is 0 Å². The summed E-state index contributed by atoms with van der Waals surface area (Å²) < 4.78 is 14.9. The first kappa shape index (κ1) is 15.1. The molecule has 0 aromatic carbocycles. The smallest absolute Gasteiger partial charge is 0.100 e. The van der Waals surface area contributed by atoms with Gasteiger partial charge in [0.1, 0.15) is 5.83 Å². The number of hydrogen-bond donors (Lipinski definition) is 2. The largest absolute Gasteiger partial charge is 0.393 e. The SMILES string of the molecule is C[C@]12CC[C@H](O)CC1=C(F)C[C@@H]1[C@@H]2CC[C@]2(C)C(O)CC[C@@H]12. The number of allylic oxidation sites excluding steroid dienone is 1. The van der Waals surface area contributed by atoms with E-state index in [0.717, 1.165) is 44.1 Å². The Morgan fingerprint density at radius 1 is 0.955 bits per heavy atom. The summed E-state index contributed by atoms with van der Waals surface area (Å²) in [5.41, 5.74) is 0.875. The molecule has 2 N–H and O–H groups in total. The quantitative estimate of drug-likeness (QED) is 0.711. The molecule has 0 heterocycles. The van der Waals surface area contributed by atoms with Crippen molar-refractivity contribution in [3.05, 3.63) is 11.4 Å². The fraction of sp³-hybridized carbons (Fsp3) is 0.895. The van der Waals surface area contributed by atoms with Gasteiger partial charge in [-0.25, -0.2) is 4.39 Å². The maximum absolute atomic E-state index is 14.9. The number of aliphatic hydroxyl groups excluding tert-OH is 2. The standard InChI is InChI=1S/C19H29FO2/c1-18-7-5-11(21)9-15(18)16(20)10-12-13-3-4-17(22)19(13,2)8-6-14(12)18/h11-14,17,21-22H,3-10H2,1-2H3/t11-,12-,13-,14-,17?,18+,19-/m0/s1. The van der Waals surface area contributed by atoms with Crippen molar-refractivity contribution in [1.29, 1.82) is 0 Å². The van der Waals surface area contributed by atoms with Gasteiger partial charge in [-0.15, -0.1) is 0 Å². The van der Waals surface area contributed by atoms with Crippen LogP contribution in [0, 0.1) is 28.6 Å². The number of halogens is 1. The molecule has 3 heteroatoms. The predicted molar refractivity (Wildman–Crippen MR) is 83.8 cm³/mol. The van der Waals surface area contributed by atoms with Crippen LogP contribution in [0.3, 0.4) is 0 Å². The third kappa shape index (κ3) is 1.84. The third-order valence-electron chi connectivity index (χ3n) is 8.07. The Morgan fingerprint density at radius 2 is 1.73 bits per heavy atom. The molecule has 4 aliphatic rings. The normalized spacial score (nSPS) is 54.7. The molecule has 124 valence electrons. The predicted octanol–water partition coefficient (Wildman–Crippen LogP) is 3.97. The molecule has 7 atom stereocenters. The lowest BCUT2D eigenvalue weighted by molar-refractivity contribution is -0.0761. The van der Waals surface area contributed by atoms with E-state index in [1.165, 1.54) is 0 Å². The first-order valence-electron chi connectivity index (χ1n) is 9.10. The van der Waals surface area contributed by atoms with Crippen LogP contribution in [0.2, 0.25) is 0 Å². The van der Waals surface area contributed by atoms with Gasteiger partial charge in [0.05, 0.1) is 12.2 Å². The van der Waals surface area contributed by atoms with Gasteiger partial charge in [-0.05, 0) is 79.1 Å². The summed E-state index contributed by atoms with van der Waals surface area (Å²) >= 11 is 0. The molecule has 1 unspecified atom stereocenters. The summed E-state index contributed by atoms with van der Waals surface area (Å²) in [6.07, 6.45) is 6.39. The van der Waals surface area contributed by atoms with Crippen molar-refractivity contribution in [3.63, 3.8) is 0 Å². The fourth-order valence-electron chi connectivity index (χ4n) is 6.68. The van der Waals surface area contributed by atoms with Crippen molar-refractivity contribution in [3.8, 4) is 0 Å². The molecule has 0 spiro atoms. The second kappa shape index (κ2) is 4.80. The monoisotopic (exact) mass is 308 g/mol. The fourth-order valence-corrected chi connectivity index (χ4v) is 6.68. The van der Waals surface area contributed by atoms with Crippen molar-refractivity contribution >= 4 is 0 Å². The Balaban J connectivity index is 1.73. The van der Waals surface area contributed by atoms with Crippen LogP contribution in [0.25, 0.3) is 0 Å². The lowest BCUT2D eigenvalue weighted by Crippen LogP contribution is -2.51. The van der Waals surface area contributed by atoms with Gasteiger partial charge < -0.3 is 10.2 Å². The van der Waals surface area contributed by atoms with Crippen LogP contribution in [0.15, 0.2) is 11.4 Å². The summed E-state index contributed by atoms with van der Waals surface area (Å²) in [4.78, 5) is 0. The first-order chi connectivity index (χ1) is 10.4. The number of fused-ring (bicyclic) bond motifs is 5. The Morgan fingerprint density at radius 3 is 2.50 bits per heavy atom. The van der Waals surface area contributed by atoms with E-state index in [9.17, 15) is 14.6 Å². The van der Waals surface area contributed by atoms with Crippen LogP contribution in [0.4, 0.5) is 4.39 Å². The van der Waals surface area contributed by atoms with Gasteiger partial charge in [-0.2, -0.15) is 0 Å². The summed E-state index contributed by atoms with van der Waals surface area (Å²) in [6, 6.07) is 0. The highest BCUT2D eigenvalue weighted by atomic mass is 19.1. The molecule has 0 radical (unpaired) electrons. The van der Waals surface area contributed by atoms with Gasteiger partial charge in [0.2, 0.25) is 0 Å². The summed E-state index contributed by atoms with van der Waals surface area (Å²) in [5.74, 6) is 1.46. The molecule has 0 amide bonds. The van der Waals surface area contributed by atoms with E-state index < -0.39 is 0 Å². The minimum Gasteiger partial charge on any atom is -0.393 e. The van der Waals surface area contributed by atoms with Crippen molar-refractivity contribution in [1.82, 2.24) is 0 Å². The molecular weight excluding hydrogens is 279 g/mol. The molecule has 0 aromatic heterocycles. The molecule has 2 nitrogen and oxygen atoms in total. The van der Waals surface area contributed by atoms with Gasteiger partial charge in [-0.3, -0.25) is 0 Å². The van der Waals surface area contributed by atoms with E-state index in [2.05, 4.69) is 13.8 Å². The van der Waals surface area contributed by atoms with Crippen LogP contribution in [0.5, 0.6) is 0 Å². The average Bonchev–Trinajstić information content (AvgIpc) is 2.77. The second-order valence-electron chi connectivity index (χ2n) is 8.92. The van der Waals surface area contributed by atoms with Gasteiger partial charge in [-0.1, -0.05) is 13.8 Å². The summed E-state index contributed by atoms with van der Waals surface area (Å²) in [6.45, 7) is 4.48.